The fraction of sp³-hybridized carbons (Fsp3) is 0.455. The summed E-state index contributed by atoms with van der Waals surface area (Å²) in [5.41, 5.74) is 8.35. The maximum Gasteiger partial charge on any atom is 0.522 e. The molecule has 2 N–H and O–H groups in total. The molecule has 0 fully saturated rings. The first-order valence-electron chi connectivity index (χ1n) is 5.30. The Labute approximate surface area is 97.0 Å². The molecule has 0 aliphatic carbocycles. The summed E-state index contributed by atoms with van der Waals surface area (Å²) in [6, 6.07) is 5.45. The van der Waals surface area contributed by atoms with E-state index in [0.29, 0.717) is 12.2 Å². The number of nitrogens with two attached hydrogens (primary N) is 1. The molecule has 1 heterocycles. The van der Waals surface area contributed by atoms with Crippen LogP contribution in [0.2, 0.25) is 0 Å². The first-order valence-corrected chi connectivity index (χ1v) is 5.30. The smallest absolute Gasteiger partial charge is 0.399 e. The zero-order valence-electron chi connectivity index (χ0n) is 9.13. The molecule has 0 unspecified atom stereocenters. The largest absolute Gasteiger partial charge is 0.522 e. The molecule has 1 aromatic carbocycles. The number of fused-ring (bicyclic) bond motifs is 1. The van der Waals surface area contributed by atoms with E-state index < -0.39 is 6.36 Å². The van der Waals surface area contributed by atoms with Crippen LogP contribution in [0.1, 0.15) is 5.56 Å². The quantitative estimate of drug-likeness (QED) is 0.831. The van der Waals surface area contributed by atoms with Crippen LogP contribution in [0.3, 0.4) is 0 Å². The molecule has 0 amide bonds. The third kappa shape index (κ3) is 3.03. The number of nitrogens with zero attached hydrogens (tertiary/aromatic N) is 1. The fourth-order valence-corrected chi connectivity index (χ4v) is 1.99. The molecule has 3 nitrogen and oxygen atoms in total. The summed E-state index contributed by atoms with van der Waals surface area (Å²) in [6.45, 7) is 0.587. The van der Waals surface area contributed by atoms with Gasteiger partial charge in [0.15, 0.2) is 0 Å². The zero-order chi connectivity index (χ0) is 12.5. The van der Waals surface area contributed by atoms with Crippen LogP contribution in [0.15, 0.2) is 18.2 Å². The lowest BCUT2D eigenvalue weighted by atomic mass is 10.1. The second-order valence-electron chi connectivity index (χ2n) is 3.92. The van der Waals surface area contributed by atoms with Gasteiger partial charge in [-0.25, -0.2) is 0 Å². The van der Waals surface area contributed by atoms with Crippen LogP contribution >= 0.6 is 0 Å². The molecular formula is C11H13F3N2O. The SMILES string of the molecule is Nc1ccc2c(c1)CCN2CCOC(F)(F)F. The van der Waals surface area contributed by atoms with Crippen molar-refractivity contribution >= 4 is 11.4 Å². The van der Waals surface area contributed by atoms with Gasteiger partial charge in [0, 0.05) is 24.5 Å². The van der Waals surface area contributed by atoms with Crippen molar-refractivity contribution in [3.05, 3.63) is 23.8 Å². The maximum absolute atomic E-state index is 11.8. The summed E-state index contributed by atoms with van der Waals surface area (Å²) in [5, 5.41) is 0. The van der Waals surface area contributed by atoms with Gasteiger partial charge in [0.2, 0.25) is 0 Å². The molecule has 1 aliphatic rings. The lowest BCUT2D eigenvalue weighted by molar-refractivity contribution is -0.323. The van der Waals surface area contributed by atoms with E-state index in [1.165, 1.54) is 0 Å². The van der Waals surface area contributed by atoms with E-state index in [1.807, 2.05) is 17.0 Å². The first-order chi connectivity index (χ1) is 7.96. The van der Waals surface area contributed by atoms with Crippen LogP contribution in [0, 0.1) is 0 Å². The first kappa shape index (κ1) is 12.0. The van der Waals surface area contributed by atoms with E-state index in [-0.39, 0.29) is 13.2 Å². The molecule has 0 aromatic heterocycles. The number of ether oxygens (including phenoxy) is 1. The van der Waals surface area contributed by atoms with E-state index in [4.69, 9.17) is 5.73 Å². The highest BCUT2D eigenvalue weighted by molar-refractivity contribution is 5.62. The van der Waals surface area contributed by atoms with Crippen molar-refractivity contribution in [3.8, 4) is 0 Å². The third-order valence-electron chi connectivity index (χ3n) is 2.72. The second-order valence-corrected chi connectivity index (χ2v) is 3.92. The van der Waals surface area contributed by atoms with Gasteiger partial charge < -0.3 is 10.6 Å². The Balaban J connectivity index is 1.94. The highest BCUT2D eigenvalue weighted by Crippen LogP contribution is 2.29. The van der Waals surface area contributed by atoms with E-state index in [0.717, 1.165) is 17.7 Å². The number of nitrogen functional groups attached to an aromatic ring is 1. The number of benzene rings is 1. The molecule has 2 rings (SSSR count). The minimum atomic E-state index is -4.55. The average molecular weight is 246 g/mol. The van der Waals surface area contributed by atoms with E-state index in [1.54, 1.807) is 6.07 Å². The second kappa shape index (κ2) is 4.44. The molecule has 0 radical (unpaired) electrons. The number of hydrogen-bond donors (Lipinski definition) is 1. The Bertz CT molecular complexity index is 406. The molecule has 0 saturated heterocycles. The number of halogens is 3. The van der Waals surface area contributed by atoms with Crippen molar-refractivity contribution in [3.63, 3.8) is 0 Å². The molecular weight excluding hydrogens is 233 g/mol. The Morgan fingerprint density at radius 1 is 1.35 bits per heavy atom. The molecule has 0 saturated carbocycles. The highest BCUT2D eigenvalue weighted by Gasteiger charge is 2.29. The summed E-state index contributed by atoms with van der Waals surface area (Å²) in [7, 11) is 0. The van der Waals surface area contributed by atoms with Crippen LogP contribution in [0.5, 0.6) is 0 Å². The predicted molar refractivity (Wildman–Crippen MR) is 58.8 cm³/mol. The van der Waals surface area contributed by atoms with Crippen LogP contribution < -0.4 is 10.6 Å². The number of anilines is 2. The van der Waals surface area contributed by atoms with Gasteiger partial charge in [0.1, 0.15) is 0 Å². The lowest BCUT2D eigenvalue weighted by Gasteiger charge is -2.19. The topological polar surface area (TPSA) is 38.5 Å². The Morgan fingerprint density at radius 3 is 2.82 bits per heavy atom. The van der Waals surface area contributed by atoms with Gasteiger partial charge in [-0.2, -0.15) is 0 Å². The number of rotatable bonds is 3. The van der Waals surface area contributed by atoms with Crippen molar-refractivity contribution in [2.75, 3.05) is 30.3 Å². The molecule has 0 bridgehead atoms. The van der Waals surface area contributed by atoms with Gasteiger partial charge in [-0.15, -0.1) is 13.2 Å². The number of hydrogen-bond acceptors (Lipinski definition) is 3. The summed E-state index contributed by atoms with van der Waals surface area (Å²) in [4.78, 5) is 1.88. The van der Waals surface area contributed by atoms with Crippen molar-refractivity contribution in [2.45, 2.75) is 12.8 Å². The van der Waals surface area contributed by atoms with E-state index in [9.17, 15) is 13.2 Å². The summed E-state index contributed by atoms with van der Waals surface area (Å²) in [5.74, 6) is 0. The van der Waals surface area contributed by atoms with E-state index >= 15 is 0 Å². The standard InChI is InChI=1S/C11H13F3N2O/c12-11(13,14)17-6-5-16-4-3-8-7-9(15)1-2-10(8)16/h1-2,7H,3-6,15H2. The van der Waals surface area contributed by atoms with Crippen molar-refractivity contribution in [1.29, 1.82) is 0 Å². The summed E-state index contributed by atoms with van der Waals surface area (Å²) in [6.07, 6.45) is -3.74. The molecule has 1 aliphatic heterocycles. The fourth-order valence-electron chi connectivity index (χ4n) is 1.99. The minimum absolute atomic E-state index is 0.233. The maximum atomic E-state index is 11.8. The minimum Gasteiger partial charge on any atom is -0.399 e. The lowest BCUT2D eigenvalue weighted by Crippen LogP contribution is -2.28. The van der Waals surface area contributed by atoms with Crippen molar-refractivity contribution in [2.24, 2.45) is 0 Å². The molecule has 6 heteroatoms. The third-order valence-corrected chi connectivity index (χ3v) is 2.72. The normalized spacial score (nSPS) is 15.1. The molecule has 0 atom stereocenters. The summed E-state index contributed by atoms with van der Waals surface area (Å²) >= 11 is 0. The Kier molecular flexibility index (Phi) is 3.15. The zero-order valence-corrected chi connectivity index (χ0v) is 9.13. The molecule has 1 aromatic rings. The van der Waals surface area contributed by atoms with E-state index in [2.05, 4.69) is 4.74 Å². The Hall–Kier alpha value is -1.43. The van der Waals surface area contributed by atoms with Crippen LogP contribution in [-0.4, -0.2) is 26.1 Å². The van der Waals surface area contributed by atoms with Gasteiger partial charge in [-0.3, -0.25) is 4.74 Å². The van der Waals surface area contributed by atoms with Gasteiger partial charge >= 0.3 is 6.36 Å². The predicted octanol–water partition coefficient (Wildman–Crippen LogP) is 2.17. The monoisotopic (exact) mass is 246 g/mol. The molecule has 17 heavy (non-hydrogen) atoms. The highest BCUT2D eigenvalue weighted by atomic mass is 19.4. The van der Waals surface area contributed by atoms with Crippen LogP contribution in [-0.2, 0) is 11.2 Å². The average Bonchev–Trinajstić information content (AvgIpc) is 2.59. The van der Waals surface area contributed by atoms with Gasteiger partial charge in [-0.05, 0) is 30.2 Å². The molecule has 0 spiro atoms. The van der Waals surface area contributed by atoms with Gasteiger partial charge in [0.05, 0.1) is 6.61 Å². The van der Waals surface area contributed by atoms with Gasteiger partial charge in [-0.1, -0.05) is 0 Å². The molecule has 94 valence electrons. The van der Waals surface area contributed by atoms with Gasteiger partial charge in [0.25, 0.3) is 0 Å². The van der Waals surface area contributed by atoms with Crippen molar-refractivity contribution < 1.29 is 17.9 Å². The van der Waals surface area contributed by atoms with Crippen molar-refractivity contribution in [1.82, 2.24) is 0 Å². The number of alkyl halides is 3. The van der Waals surface area contributed by atoms with Crippen LogP contribution in [0.4, 0.5) is 24.5 Å². The van der Waals surface area contributed by atoms with Crippen LogP contribution in [0.25, 0.3) is 0 Å². The summed E-state index contributed by atoms with van der Waals surface area (Å²) < 4.78 is 39.2. The Morgan fingerprint density at radius 2 is 2.12 bits per heavy atom.